The molecule has 1 aliphatic rings. The van der Waals surface area contributed by atoms with E-state index in [1.807, 2.05) is 11.9 Å². The van der Waals surface area contributed by atoms with Crippen molar-refractivity contribution < 1.29 is 18.3 Å². The molecule has 1 aromatic rings. The number of halogens is 3. The van der Waals surface area contributed by atoms with Gasteiger partial charge in [0.25, 0.3) is 0 Å². The van der Waals surface area contributed by atoms with Gasteiger partial charge in [0.1, 0.15) is 0 Å². The molecule has 22 heavy (non-hydrogen) atoms. The van der Waals surface area contributed by atoms with Gasteiger partial charge in [-0.3, -0.25) is 4.99 Å². The molecule has 0 saturated heterocycles. The molecule has 1 N–H and O–H groups in total. The lowest BCUT2D eigenvalue weighted by Gasteiger charge is -2.16. The predicted octanol–water partition coefficient (Wildman–Crippen LogP) is 2.70. The van der Waals surface area contributed by atoms with E-state index in [0.717, 1.165) is 24.6 Å². The summed E-state index contributed by atoms with van der Waals surface area (Å²) in [5, 5.41) is 3.21. The Kier molecular flexibility index (Phi) is 7.63. The number of benzene rings is 1. The largest absolute Gasteiger partial charge is 0.490 e. The first-order valence-electron chi connectivity index (χ1n) is 6.80. The molecule has 0 saturated carbocycles. The Balaban J connectivity index is 0.00000242. The van der Waals surface area contributed by atoms with Crippen molar-refractivity contribution in [3.63, 3.8) is 0 Å². The average molecular weight is 427 g/mol. The number of hydrogen-bond donors (Lipinski definition) is 1. The molecule has 1 aliphatic heterocycles. The van der Waals surface area contributed by atoms with Crippen LogP contribution in [0.3, 0.4) is 0 Å². The van der Waals surface area contributed by atoms with Crippen LogP contribution in [0.1, 0.15) is 12.5 Å². The van der Waals surface area contributed by atoms with E-state index in [1.54, 1.807) is 19.1 Å². The van der Waals surface area contributed by atoms with Crippen LogP contribution in [0.4, 0.5) is 8.78 Å². The summed E-state index contributed by atoms with van der Waals surface area (Å²) in [5.74, 6) is 1.20. The summed E-state index contributed by atoms with van der Waals surface area (Å²) >= 11 is 0. The first kappa shape index (κ1) is 18.7. The van der Waals surface area contributed by atoms with Crippen LogP contribution < -0.4 is 14.8 Å². The van der Waals surface area contributed by atoms with Gasteiger partial charge in [-0.1, -0.05) is 6.07 Å². The Bertz CT molecular complexity index is 515. The minimum absolute atomic E-state index is 0. The molecule has 0 bridgehead atoms. The summed E-state index contributed by atoms with van der Waals surface area (Å²) in [4.78, 5) is 6.35. The summed E-state index contributed by atoms with van der Waals surface area (Å²) in [6.07, 6.45) is 0. The lowest BCUT2D eigenvalue weighted by Crippen LogP contribution is -2.35. The molecule has 1 aromatic carbocycles. The van der Waals surface area contributed by atoms with Crippen molar-refractivity contribution in [2.75, 3.05) is 26.7 Å². The molecule has 1 heterocycles. The van der Waals surface area contributed by atoms with Crippen LogP contribution in [-0.4, -0.2) is 44.2 Å². The fraction of sp³-hybridized carbons (Fsp3) is 0.500. The molecule has 0 fully saturated rings. The molecule has 5 nitrogen and oxygen atoms in total. The Hall–Kier alpha value is -1.32. The van der Waals surface area contributed by atoms with E-state index in [1.165, 1.54) is 6.07 Å². The second-order valence-electron chi connectivity index (χ2n) is 4.57. The molecule has 0 amide bonds. The van der Waals surface area contributed by atoms with Gasteiger partial charge < -0.3 is 19.7 Å². The maximum atomic E-state index is 12.3. The molecule has 0 unspecified atom stereocenters. The van der Waals surface area contributed by atoms with E-state index in [9.17, 15) is 8.78 Å². The molecule has 0 atom stereocenters. The average Bonchev–Trinajstić information content (AvgIpc) is 2.84. The van der Waals surface area contributed by atoms with Gasteiger partial charge in [-0.2, -0.15) is 8.78 Å². The minimum Gasteiger partial charge on any atom is -0.490 e. The van der Waals surface area contributed by atoms with Crippen molar-refractivity contribution >= 4 is 29.9 Å². The van der Waals surface area contributed by atoms with Gasteiger partial charge in [0.15, 0.2) is 17.5 Å². The van der Waals surface area contributed by atoms with Gasteiger partial charge in [-0.05, 0) is 24.6 Å². The highest BCUT2D eigenvalue weighted by Gasteiger charge is 2.14. The van der Waals surface area contributed by atoms with Gasteiger partial charge in [0.2, 0.25) is 0 Å². The van der Waals surface area contributed by atoms with Crippen molar-refractivity contribution in [2.24, 2.45) is 4.99 Å². The molecule has 0 radical (unpaired) electrons. The number of alkyl halides is 2. The summed E-state index contributed by atoms with van der Waals surface area (Å²) in [7, 11) is 1.96. The molecular weight excluding hydrogens is 407 g/mol. The van der Waals surface area contributed by atoms with E-state index in [0.29, 0.717) is 18.9 Å². The SMILES string of the molecule is CCOc1cc(CNC2=NCCN2C)ccc1OC(F)F.I. The van der Waals surface area contributed by atoms with E-state index >= 15 is 0 Å². The maximum absolute atomic E-state index is 12.3. The van der Waals surface area contributed by atoms with E-state index in [2.05, 4.69) is 15.0 Å². The summed E-state index contributed by atoms with van der Waals surface area (Å²) < 4.78 is 34.4. The van der Waals surface area contributed by atoms with Crippen LogP contribution in [0.5, 0.6) is 11.5 Å². The summed E-state index contributed by atoms with van der Waals surface area (Å²) in [5.41, 5.74) is 0.906. The summed E-state index contributed by atoms with van der Waals surface area (Å²) in [6.45, 7) is 1.52. The molecule has 2 rings (SSSR count). The van der Waals surface area contributed by atoms with Gasteiger partial charge in [0.05, 0.1) is 13.2 Å². The highest BCUT2D eigenvalue weighted by molar-refractivity contribution is 14.0. The van der Waals surface area contributed by atoms with E-state index in [4.69, 9.17) is 4.74 Å². The zero-order chi connectivity index (χ0) is 15.2. The Morgan fingerprint density at radius 1 is 1.36 bits per heavy atom. The second-order valence-corrected chi connectivity index (χ2v) is 4.57. The number of nitrogens with one attached hydrogen (secondary N) is 1. The predicted molar refractivity (Wildman–Crippen MR) is 91.4 cm³/mol. The smallest absolute Gasteiger partial charge is 0.387 e. The Morgan fingerprint density at radius 2 is 2.14 bits per heavy atom. The van der Waals surface area contributed by atoms with Crippen LogP contribution >= 0.6 is 24.0 Å². The first-order chi connectivity index (χ1) is 10.1. The van der Waals surface area contributed by atoms with Crippen LogP contribution in [0.15, 0.2) is 23.2 Å². The van der Waals surface area contributed by atoms with Gasteiger partial charge in [-0.25, -0.2) is 0 Å². The quantitative estimate of drug-likeness (QED) is 0.710. The van der Waals surface area contributed by atoms with Crippen LogP contribution in [0.2, 0.25) is 0 Å². The number of ether oxygens (including phenoxy) is 2. The third-order valence-electron chi connectivity index (χ3n) is 3.03. The van der Waals surface area contributed by atoms with Crippen molar-refractivity contribution in [2.45, 2.75) is 20.1 Å². The number of hydrogen-bond acceptors (Lipinski definition) is 5. The van der Waals surface area contributed by atoms with Crippen LogP contribution in [-0.2, 0) is 6.54 Å². The number of likely N-dealkylation sites (N-methyl/N-ethyl adjacent to an activating group) is 1. The first-order valence-corrected chi connectivity index (χ1v) is 6.80. The standard InChI is InChI=1S/C14H19F2N3O2.HI/c1-3-20-12-8-10(4-5-11(12)21-13(15)16)9-18-14-17-6-7-19(14)2;/h4-5,8,13H,3,6-7,9H2,1-2H3,(H,17,18);1H. The lowest BCUT2D eigenvalue weighted by molar-refractivity contribution is -0.0514. The molecule has 0 spiro atoms. The number of guanidine groups is 1. The Labute approximate surface area is 145 Å². The van der Waals surface area contributed by atoms with Crippen molar-refractivity contribution in [1.29, 1.82) is 0 Å². The maximum Gasteiger partial charge on any atom is 0.387 e. The second kappa shape index (κ2) is 8.96. The monoisotopic (exact) mass is 427 g/mol. The number of aliphatic imine (C=N–C) groups is 1. The number of rotatable bonds is 6. The van der Waals surface area contributed by atoms with E-state index < -0.39 is 6.61 Å². The normalized spacial score (nSPS) is 13.7. The van der Waals surface area contributed by atoms with Crippen molar-refractivity contribution in [1.82, 2.24) is 10.2 Å². The van der Waals surface area contributed by atoms with Crippen molar-refractivity contribution in [3.8, 4) is 11.5 Å². The molecule has 8 heteroatoms. The third kappa shape index (κ3) is 5.15. The molecule has 0 aliphatic carbocycles. The van der Waals surface area contributed by atoms with Crippen LogP contribution in [0.25, 0.3) is 0 Å². The highest BCUT2D eigenvalue weighted by Crippen LogP contribution is 2.29. The lowest BCUT2D eigenvalue weighted by atomic mass is 10.2. The van der Waals surface area contributed by atoms with Gasteiger partial charge >= 0.3 is 6.61 Å². The van der Waals surface area contributed by atoms with E-state index in [-0.39, 0.29) is 29.7 Å². The minimum atomic E-state index is -2.87. The third-order valence-corrected chi connectivity index (χ3v) is 3.03. The fourth-order valence-electron chi connectivity index (χ4n) is 2.03. The molecule has 0 aromatic heterocycles. The molecule has 124 valence electrons. The van der Waals surface area contributed by atoms with Gasteiger partial charge in [0, 0.05) is 20.1 Å². The zero-order valence-corrected chi connectivity index (χ0v) is 14.8. The fourth-order valence-corrected chi connectivity index (χ4v) is 2.03. The number of nitrogens with zero attached hydrogens (tertiary/aromatic N) is 2. The van der Waals surface area contributed by atoms with Crippen LogP contribution in [0, 0.1) is 0 Å². The Morgan fingerprint density at radius 3 is 2.73 bits per heavy atom. The highest BCUT2D eigenvalue weighted by atomic mass is 127. The zero-order valence-electron chi connectivity index (χ0n) is 12.5. The topological polar surface area (TPSA) is 46.1 Å². The van der Waals surface area contributed by atoms with Crippen molar-refractivity contribution in [3.05, 3.63) is 23.8 Å². The summed E-state index contributed by atoms with van der Waals surface area (Å²) in [6, 6.07) is 4.92. The van der Waals surface area contributed by atoms with Gasteiger partial charge in [-0.15, -0.1) is 24.0 Å². The molecular formula is C14H20F2IN3O2.